The maximum absolute atomic E-state index is 11.5. The van der Waals surface area contributed by atoms with E-state index >= 15 is 0 Å². The van der Waals surface area contributed by atoms with Gasteiger partial charge in [0, 0.05) is 5.54 Å². The molecule has 4 heteroatoms. The van der Waals surface area contributed by atoms with Crippen LogP contribution in [0.2, 0.25) is 0 Å². The Kier molecular flexibility index (Phi) is 4.71. The van der Waals surface area contributed by atoms with Gasteiger partial charge in [-0.25, -0.2) is 4.79 Å². The smallest absolute Gasteiger partial charge is 0.342 e. The summed E-state index contributed by atoms with van der Waals surface area (Å²) in [5, 5.41) is 0. The summed E-state index contributed by atoms with van der Waals surface area (Å²) in [6.07, 6.45) is 1.54. The van der Waals surface area contributed by atoms with E-state index in [9.17, 15) is 4.79 Å². The zero-order valence-corrected chi connectivity index (χ0v) is 9.03. The molecular weight excluding hydrogens is 216 g/mol. The van der Waals surface area contributed by atoms with E-state index in [0.29, 0.717) is 11.3 Å². The summed E-state index contributed by atoms with van der Waals surface area (Å²) >= 11 is 5.29. The number of carbonyl (C=O) groups is 1. The summed E-state index contributed by atoms with van der Waals surface area (Å²) < 4.78 is 9.95. The second kappa shape index (κ2) is 6.09. The molecule has 0 spiro atoms. The largest absolute Gasteiger partial charge is 0.496 e. The van der Waals surface area contributed by atoms with E-state index in [1.165, 1.54) is 18.7 Å². The standard InChI is InChI=1S/C11H11ClO3/c1-14-10-6-3-2-5-9(10)11(13)15-8-4-7-12/h2-7H,8H2,1H3/b7-4+. The first-order valence-corrected chi connectivity index (χ1v) is 4.78. The summed E-state index contributed by atoms with van der Waals surface area (Å²) in [7, 11) is 1.50. The van der Waals surface area contributed by atoms with Crippen LogP contribution in [-0.2, 0) is 4.74 Å². The topological polar surface area (TPSA) is 35.5 Å². The fourth-order valence-electron chi connectivity index (χ4n) is 1.05. The third-order valence-corrected chi connectivity index (χ3v) is 1.90. The Morgan fingerprint density at radius 2 is 2.20 bits per heavy atom. The molecule has 0 aliphatic rings. The zero-order valence-electron chi connectivity index (χ0n) is 8.27. The molecule has 1 aromatic carbocycles. The molecule has 0 atom stereocenters. The number of para-hydroxylation sites is 1. The second-order valence-electron chi connectivity index (χ2n) is 2.66. The lowest BCUT2D eigenvalue weighted by atomic mass is 10.2. The number of esters is 1. The van der Waals surface area contributed by atoms with Gasteiger partial charge in [0.2, 0.25) is 0 Å². The summed E-state index contributed by atoms with van der Waals surface area (Å²) in [6.45, 7) is 0.153. The average molecular weight is 227 g/mol. The van der Waals surface area contributed by atoms with Gasteiger partial charge in [0.15, 0.2) is 0 Å². The summed E-state index contributed by atoms with van der Waals surface area (Å²) in [5.41, 5.74) is 1.71. The molecule has 0 aromatic heterocycles. The molecule has 0 saturated carbocycles. The Morgan fingerprint density at radius 3 is 2.87 bits per heavy atom. The Hall–Kier alpha value is -1.48. The second-order valence-corrected chi connectivity index (χ2v) is 2.91. The van der Waals surface area contributed by atoms with Crippen LogP contribution in [0.4, 0.5) is 0 Å². The van der Waals surface area contributed by atoms with Gasteiger partial charge in [-0.1, -0.05) is 23.7 Å². The first kappa shape index (κ1) is 11.6. The highest BCUT2D eigenvalue weighted by Gasteiger charge is 2.11. The van der Waals surface area contributed by atoms with Crippen molar-refractivity contribution in [2.45, 2.75) is 0 Å². The van der Waals surface area contributed by atoms with Gasteiger partial charge in [-0.3, -0.25) is 0 Å². The fraction of sp³-hybridized carbons (Fsp3) is 0.182. The van der Waals surface area contributed by atoms with E-state index in [2.05, 4.69) is 0 Å². The van der Waals surface area contributed by atoms with Gasteiger partial charge in [-0.15, -0.1) is 0 Å². The summed E-state index contributed by atoms with van der Waals surface area (Å²) in [6, 6.07) is 6.88. The molecule has 3 nitrogen and oxygen atoms in total. The van der Waals surface area contributed by atoms with E-state index in [1.807, 2.05) is 0 Å². The molecule has 0 bridgehead atoms. The average Bonchev–Trinajstić information content (AvgIpc) is 2.29. The molecule has 15 heavy (non-hydrogen) atoms. The predicted octanol–water partition coefficient (Wildman–Crippen LogP) is 2.60. The van der Waals surface area contributed by atoms with Crippen molar-refractivity contribution in [2.75, 3.05) is 13.7 Å². The molecule has 1 rings (SSSR count). The Labute approximate surface area is 93.3 Å². The molecule has 0 amide bonds. The minimum absolute atomic E-state index is 0.153. The molecule has 80 valence electrons. The van der Waals surface area contributed by atoms with Crippen LogP contribution in [0.5, 0.6) is 5.75 Å². The molecule has 0 heterocycles. The van der Waals surface area contributed by atoms with Crippen molar-refractivity contribution >= 4 is 17.6 Å². The summed E-state index contributed by atoms with van der Waals surface area (Å²) in [4.78, 5) is 11.5. The molecule has 0 aliphatic heterocycles. The number of halogens is 1. The Morgan fingerprint density at radius 1 is 1.47 bits per heavy atom. The van der Waals surface area contributed by atoms with Crippen LogP contribution in [0.3, 0.4) is 0 Å². The third kappa shape index (κ3) is 3.29. The van der Waals surface area contributed by atoms with Crippen molar-refractivity contribution in [3.63, 3.8) is 0 Å². The number of methoxy groups -OCH3 is 1. The highest BCUT2D eigenvalue weighted by atomic mass is 35.5. The molecule has 1 aromatic rings. The molecule has 0 aliphatic carbocycles. The van der Waals surface area contributed by atoms with E-state index in [1.54, 1.807) is 24.3 Å². The number of hydrogen-bond donors (Lipinski definition) is 0. The molecule has 0 N–H and O–H groups in total. The van der Waals surface area contributed by atoms with Gasteiger partial charge >= 0.3 is 5.97 Å². The quantitative estimate of drug-likeness (QED) is 0.741. The lowest BCUT2D eigenvalue weighted by molar-refractivity contribution is 0.0546. The highest BCUT2D eigenvalue weighted by molar-refractivity contribution is 6.25. The lowest BCUT2D eigenvalue weighted by Crippen LogP contribution is -2.06. The minimum Gasteiger partial charge on any atom is -0.496 e. The van der Waals surface area contributed by atoms with Gasteiger partial charge in [0.25, 0.3) is 0 Å². The van der Waals surface area contributed by atoms with Crippen LogP contribution in [0.15, 0.2) is 35.9 Å². The van der Waals surface area contributed by atoms with Crippen molar-refractivity contribution < 1.29 is 14.3 Å². The van der Waals surface area contributed by atoms with Gasteiger partial charge in [-0.2, -0.15) is 0 Å². The summed E-state index contributed by atoms with van der Waals surface area (Å²) in [5.74, 6) is 0.0690. The van der Waals surface area contributed by atoms with Crippen molar-refractivity contribution in [2.24, 2.45) is 0 Å². The number of hydrogen-bond acceptors (Lipinski definition) is 3. The maximum atomic E-state index is 11.5. The van der Waals surface area contributed by atoms with Gasteiger partial charge < -0.3 is 9.47 Å². The zero-order chi connectivity index (χ0) is 11.1. The third-order valence-electron chi connectivity index (χ3n) is 1.73. The van der Waals surface area contributed by atoms with Gasteiger partial charge in [0.1, 0.15) is 17.9 Å². The SMILES string of the molecule is COc1ccccc1C(=O)OC/C=C/Cl. The van der Waals surface area contributed by atoms with E-state index in [-0.39, 0.29) is 6.61 Å². The highest BCUT2D eigenvalue weighted by Crippen LogP contribution is 2.17. The van der Waals surface area contributed by atoms with Crippen LogP contribution in [0.25, 0.3) is 0 Å². The first-order valence-electron chi connectivity index (χ1n) is 4.35. The molecule has 0 fully saturated rings. The maximum Gasteiger partial charge on any atom is 0.342 e. The minimum atomic E-state index is -0.429. The first-order chi connectivity index (χ1) is 7.29. The molecular formula is C11H11ClO3. The number of carbonyl (C=O) groups excluding carboxylic acids is 1. The van der Waals surface area contributed by atoms with E-state index < -0.39 is 5.97 Å². The fourth-order valence-corrected chi connectivity index (χ4v) is 1.12. The normalized spacial score (nSPS) is 10.3. The van der Waals surface area contributed by atoms with Crippen LogP contribution >= 0.6 is 11.6 Å². The molecule has 0 radical (unpaired) electrons. The van der Waals surface area contributed by atoms with Gasteiger partial charge in [0.05, 0.1) is 7.11 Å². The van der Waals surface area contributed by atoms with Crippen LogP contribution in [0.1, 0.15) is 10.4 Å². The van der Waals surface area contributed by atoms with Crippen molar-refractivity contribution in [3.05, 3.63) is 41.4 Å². The van der Waals surface area contributed by atoms with Crippen molar-refractivity contribution in [1.29, 1.82) is 0 Å². The van der Waals surface area contributed by atoms with Crippen LogP contribution < -0.4 is 4.74 Å². The van der Waals surface area contributed by atoms with Crippen molar-refractivity contribution in [1.82, 2.24) is 0 Å². The van der Waals surface area contributed by atoms with E-state index in [0.717, 1.165) is 0 Å². The van der Waals surface area contributed by atoms with Crippen molar-refractivity contribution in [3.8, 4) is 5.75 Å². The monoisotopic (exact) mass is 226 g/mol. The predicted molar refractivity (Wildman–Crippen MR) is 58.3 cm³/mol. The lowest BCUT2D eigenvalue weighted by Gasteiger charge is -2.06. The van der Waals surface area contributed by atoms with Gasteiger partial charge in [-0.05, 0) is 18.2 Å². The molecule has 0 unspecified atom stereocenters. The Bertz CT molecular complexity index is 361. The Balaban J connectivity index is 2.72. The number of rotatable bonds is 4. The van der Waals surface area contributed by atoms with Crippen LogP contribution in [0, 0.1) is 0 Å². The molecule has 0 saturated heterocycles. The number of ether oxygens (including phenoxy) is 2. The van der Waals surface area contributed by atoms with E-state index in [4.69, 9.17) is 21.1 Å². The van der Waals surface area contributed by atoms with Crippen LogP contribution in [-0.4, -0.2) is 19.7 Å². The number of benzene rings is 1.